The normalized spacial score (nSPS) is 17.5. The lowest BCUT2D eigenvalue weighted by Gasteiger charge is -2.13. The second-order valence-corrected chi connectivity index (χ2v) is 6.34. The Balaban J connectivity index is 2.21. The summed E-state index contributed by atoms with van der Waals surface area (Å²) in [6, 6.07) is 4.94. The van der Waals surface area contributed by atoms with E-state index in [-0.39, 0.29) is 10.9 Å². The van der Waals surface area contributed by atoms with Crippen molar-refractivity contribution < 1.29 is 8.42 Å². The zero-order valence-corrected chi connectivity index (χ0v) is 10.8. The molecule has 0 aromatic heterocycles. The molecule has 0 radical (unpaired) electrons. The maximum atomic E-state index is 12.1. The Morgan fingerprint density at radius 2 is 1.94 bits per heavy atom. The molecule has 0 atom stereocenters. The van der Waals surface area contributed by atoms with Gasteiger partial charge in [-0.3, -0.25) is 0 Å². The van der Waals surface area contributed by atoms with Crippen LogP contribution in [0.15, 0.2) is 23.1 Å². The van der Waals surface area contributed by atoms with E-state index in [2.05, 4.69) is 4.72 Å². The SMILES string of the molecule is Cc1ccc(S(=O)(=O)NC2CCCC2)cc1N. The Bertz CT molecular complexity index is 505. The highest BCUT2D eigenvalue weighted by Gasteiger charge is 2.22. The molecule has 0 spiro atoms. The van der Waals surface area contributed by atoms with Crippen molar-refractivity contribution in [1.82, 2.24) is 4.72 Å². The molecule has 3 N–H and O–H groups in total. The van der Waals surface area contributed by atoms with Crippen molar-refractivity contribution in [2.75, 3.05) is 5.73 Å². The number of aryl methyl sites for hydroxylation is 1. The number of anilines is 1. The first kappa shape index (κ1) is 12.4. The Labute approximate surface area is 102 Å². The molecule has 1 aliphatic rings. The van der Waals surface area contributed by atoms with Crippen LogP contribution < -0.4 is 10.5 Å². The molecule has 0 aliphatic heterocycles. The first-order valence-corrected chi connectivity index (χ1v) is 7.36. The summed E-state index contributed by atoms with van der Waals surface area (Å²) in [6.07, 6.45) is 4.06. The fraction of sp³-hybridized carbons (Fsp3) is 0.500. The van der Waals surface area contributed by atoms with Gasteiger partial charge in [0.15, 0.2) is 0 Å². The van der Waals surface area contributed by atoms with Gasteiger partial charge in [-0.2, -0.15) is 0 Å². The summed E-state index contributed by atoms with van der Waals surface area (Å²) in [5, 5.41) is 0. The summed E-state index contributed by atoms with van der Waals surface area (Å²) in [4.78, 5) is 0.257. The maximum Gasteiger partial charge on any atom is 0.240 e. The van der Waals surface area contributed by atoms with Gasteiger partial charge < -0.3 is 5.73 Å². The summed E-state index contributed by atoms with van der Waals surface area (Å²) in [5.41, 5.74) is 7.14. The van der Waals surface area contributed by atoms with Crippen LogP contribution in [0.4, 0.5) is 5.69 Å². The molecule has 17 heavy (non-hydrogen) atoms. The zero-order valence-electron chi connectivity index (χ0n) is 9.94. The van der Waals surface area contributed by atoms with E-state index in [0.717, 1.165) is 31.2 Å². The summed E-state index contributed by atoms with van der Waals surface area (Å²) >= 11 is 0. The first-order valence-electron chi connectivity index (χ1n) is 5.87. The van der Waals surface area contributed by atoms with E-state index < -0.39 is 10.0 Å². The van der Waals surface area contributed by atoms with E-state index in [0.29, 0.717) is 5.69 Å². The van der Waals surface area contributed by atoms with E-state index in [1.165, 1.54) is 6.07 Å². The van der Waals surface area contributed by atoms with E-state index in [9.17, 15) is 8.42 Å². The van der Waals surface area contributed by atoms with Crippen LogP contribution >= 0.6 is 0 Å². The van der Waals surface area contributed by atoms with Gasteiger partial charge in [0.25, 0.3) is 0 Å². The third-order valence-electron chi connectivity index (χ3n) is 3.24. The molecule has 2 rings (SSSR count). The van der Waals surface area contributed by atoms with Gasteiger partial charge in [0.1, 0.15) is 0 Å². The minimum Gasteiger partial charge on any atom is -0.398 e. The van der Waals surface area contributed by atoms with Crippen molar-refractivity contribution in [3.8, 4) is 0 Å². The third-order valence-corrected chi connectivity index (χ3v) is 4.76. The number of rotatable bonds is 3. The van der Waals surface area contributed by atoms with Crippen LogP contribution in [-0.4, -0.2) is 14.5 Å². The van der Waals surface area contributed by atoms with Gasteiger partial charge in [-0.05, 0) is 37.5 Å². The van der Waals surface area contributed by atoms with Crippen LogP contribution in [0.25, 0.3) is 0 Å². The molecule has 0 saturated heterocycles. The quantitative estimate of drug-likeness (QED) is 0.808. The summed E-state index contributed by atoms with van der Waals surface area (Å²) in [6.45, 7) is 1.86. The number of sulfonamides is 1. The number of hydrogen-bond donors (Lipinski definition) is 2. The zero-order chi connectivity index (χ0) is 12.5. The molecule has 1 aromatic carbocycles. The molecular weight excluding hydrogens is 236 g/mol. The van der Waals surface area contributed by atoms with E-state index >= 15 is 0 Å². The molecule has 1 aromatic rings. The molecule has 1 aliphatic carbocycles. The van der Waals surface area contributed by atoms with Gasteiger partial charge in [0.2, 0.25) is 10.0 Å². The van der Waals surface area contributed by atoms with Crippen molar-refractivity contribution in [3.63, 3.8) is 0 Å². The summed E-state index contributed by atoms with van der Waals surface area (Å²) in [7, 11) is -3.41. The predicted molar refractivity (Wildman–Crippen MR) is 68.2 cm³/mol. The highest BCUT2D eigenvalue weighted by molar-refractivity contribution is 7.89. The molecule has 5 heteroatoms. The van der Waals surface area contributed by atoms with Gasteiger partial charge in [0, 0.05) is 11.7 Å². The largest absolute Gasteiger partial charge is 0.398 e. The van der Waals surface area contributed by atoms with Crippen molar-refractivity contribution in [3.05, 3.63) is 23.8 Å². The van der Waals surface area contributed by atoms with Crippen molar-refractivity contribution in [2.24, 2.45) is 0 Å². The molecule has 0 heterocycles. The van der Waals surface area contributed by atoms with Gasteiger partial charge >= 0.3 is 0 Å². The highest BCUT2D eigenvalue weighted by atomic mass is 32.2. The lowest BCUT2D eigenvalue weighted by atomic mass is 10.2. The lowest BCUT2D eigenvalue weighted by Crippen LogP contribution is -2.32. The highest BCUT2D eigenvalue weighted by Crippen LogP contribution is 2.22. The second kappa shape index (κ2) is 4.66. The fourth-order valence-corrected chi connectivity index (χ4v) is 3.46. The number of benzene rings is 1. The Morgan fingerprint density at radius 3 is 2.53 bits per heavy atom. The maximum absolute atomic E-state index is 12.1. The number of nitrogens with two attached hydrogens (primary N) is 1. The van der Waals surface area contributed by atoms with E-state index in [1.807, 2.05) is 6.92 Å². The van der Waals surface area contributed by atoms with E-state index in [1.54, 1.807) is 12.1 Å². The summed E-state index contributed by atoms with van der Waals surface area (Å²) < 4.78 is 26.9. The van der Waals surface area contributed by atoms with Crippen LogP contribution in [0, 0.1) is 6.92 Å². The molecule has 1 fully saturated rings. The monoisotopic (exact) mass is 254 g/mol. The predicted octanol–water partition coefficient (Wildman–Crippen LogP) is 1.80. The average Bonchev–Trinajstić information content (AvgIpc) is 2.73. The Kier molecular flexibility index (Phi) is 3.40. The molecular formula is C12H18N2O2S. The van der Waals surface area contributed by atoms with Crippen LogP contribution in [-0.2, 0) is 10.0 Å². The van der Waals surface area contributed by atoms with Crippen molar-refractivity contribution in [2.45, 2.75) is 43.5 Å². The number of nitrogen functional groups attached to an aromatic ring is 1. The second-order valence-electron chi connectivity index (χ2n) is 4.62. The molecule has 0 bridgehead atoms. The van der Waals surface area contributed by atoms with Crippen LogP contribution in [0.3, 0.4) is 0 Å². The van der Waals surface area contributed by atoms with E-state index in [4.69, 9.17) is 5.73 Å². The number of hydrogen-bond acceptors (Lipinski definition) is 3. The molecule has 1 saturated carbocycles. The topological polar surface area (TPSA) is 72.2 Å². The van der Waals surface area contributed by atoms with Gasteiger partial charge in [-0.1, -0.05) is 18.9 Å². The van der Waals surface area contributed by atoms with Gasteiger partial charge in [-0.25, -0.2) is 13.1 Å². The number of nitrogens with one attached hydrogen (secondary N) is 1. The van der Waals surface area contributed by atoms with Gasteiger partial charge in [0.05, 0.1) is 4.90 Å². The first-order chi connectivity index (χ1) is 7.99. The van der Waals surface area contributed by atoms with Crippen LogP contribution in [0.2, 0.25) is 0 Å². The van der Waals surface area contributed by atoms with Crippen LogP contribution in [0.1, 0.15) is 31.2 Å². The molecule has 4 nitrogen and oxygen atoms in total. The molecule has 0 unspecified atom stereocenters. The van der Waals surface area contributed by atoms with Crippen molar-refractivity contribution >= 4 is 15.7 Å². The Hall–Kier alpha value is -1.07. The Morgan fingerprint density at radius 1 is 1.29 bits per heavy atom. The van der Waals surface area contributed by atoms with Crippen molar-refractivity contribution in [1.29, 1.82) is 0 Å². The lowest BCUT2D eigenvalue weighted by molar-refractivity contribution is 0.552. The van der Waals surface area contributed by atoms with Gasteiger partial charge in [-0.15, -0.1) is 0 Å². The standard InChI is InChI=1S/C12H18N2O2S/c1-9-6-7-11(8-12(9)13)17(15,16)14-10-4-2-3-5-10/h6-8,10,14H,2-5,13H2,1H3. The summed E-state index contributed by atoms with van der Waals surface area (Å²) in [5.74, 6) is 0. The molecule has 94 valence electrons. The molecule has 0 amide bonds. The fourth-order valence-electron chi connectivity index (χ4n) is 2.12. The third kappa shape index (κ3) is 2.79. The van der Waals surface area contributed by atoms with Crippen LogP contribution in [0.5, 0.6) is 0 Å². The minimum atomic E-state index is -3.41. The smallest absolute Gasteiger partial charge is 0.240 e. The minimum absolute atomic E-state index is 0.0857. The average molecular weight is 254 g/mol.